The van der Waals surface area contributed by atoms with Crippen molar-refractivity contribution in [3.63, 3.8) is 0 Å². The predicted molar refractivity (Wildman–Crippen MR) is 117 cm³/mol. The summed E-state index contributed by atoms with van der Waals surface area (Å²) < 4.78 is 7.13. The number of fused-ring (bicyclic) bond motifs is 1. The molecule has 0 saturated carbocycles. The van der Waals surface area contributed by atoms with Gasteiger partial charge in [0.25, 0.3) is 0 Å². The number of carbonyl (C=O) groups is 1. The molecule has 150 valence electrons. The summed E-state index contributed by atoms with van der Waals surface area (Å²) in [7, 11) is 1.58. The molecule has 0 amide bonds. The molecule has 6 heteroatoms. The summed E-state index contributed by atoms with van der Waals surface area (Å²) in [6.45, 7) is 2.24. The van der Waals surface area contributed by atoms with Crippen molar-refractivity contribution in [3.8, 4) is 5.75 Å². The van der Waals surface area contributed by atoms with Crippen molar-refractivity contribution in [2.24, 2.45) is 0 Å². The number of nitrogens with two attached hydrogens (primary N) is 1. The Morgan fingerprint density at radius 3 is 2.63 bits per heavy atom. The van der Waals surface area contributed by atoms with Gasteiger partial charge in [-0.15, -0.1) is 0 Å². The number of aromatic nitrogens is 2. The molecule has 0 spiro atoms. The van der Waals surface area contributed by atoms with Crippen molar-refractivity contribution >= 4 is 22.5 Å². The van der Waals surface area contributed by atoms with Crippen LogP contribution in [0.4, 0.5) is 5.82 Å². The van der Waals surface area contributed by atoms with Gasteiger partial charge in [0.15, 0.2) is 5.78 Å². The van der Waals surface area contributed by atoms with Crippen LogP contribution in [0, 0.1) is 6.92 Å². The van der Waals surface area contributed by atoms with Gasteiger partial charge in [0.2, 0.25) is 5.43 Å². The summed E-state index contributed by atoms with van der Waals surface area (Å²) in [5.74, 6) is 0.781. The van der Waals surface area contributed by atoms with Crippen molar-refractivity contribution < 1.29 is 9.53 Å². The van der Waals surface area contributed by atoms with Crippen LogP contribution in [-0.4, -0.2) is 22.4 Å². The van der Waals surface area contributed by atoms with E-state index in [1.54, 1.807) is 49.7 Å². The van der Waals surface area contributed by atoms with Gasteiger partial charge in [0, 0.05) is 17.1 Å². The lowest BCUT2D eigenvalue weighted by molar-refractivity contribution is 0.103. The molecule has 0 aliphatic rings. The van der Waals surface area contributed by atoms with Crippen molar-refractivity contribution in [3.05, 3.63) is 99.5 Å². The topological polar surface area (TPSA) is 87.2 Å². The fourth-order valence-electron chi connectivity index (χ4n) is 3.57. The number of carbonyl (C=O) groups excluding carboxylic acids is 1. The lowest BCUT2D eigenvalue weighted by Crippen LogP contribution is -2.20. The first kappa shape index (κ1) is 19.4. The molecule has 2 N–H and O–H groups in total. The number of pyridine rings is 2. The maximum atomic E-state index is 13.2. The number of aryl methyl sites for hydroxylation is 1. The fourth-order valence-corrected chi connectivity index (χ4v) is 3.57. The minimum atomic E-state index is -0.328. The van der Waals surface area contributed by atoms with Crippen LogP contribution in [0.3, 0.4) is 0 Å². The van der Waals surface area contributed by atoms with Crippen LogP contribution < -0.4 is 15.9 Å². The standard InChI is InChI=1S/C24H21N3O3/c1-15-12-16(10-11-21(15)30-2)23(28)19-14-27(13-17-6-5-9-22(25)26-17)20-8-4-3-7-18(20)24(19)29/h3-12,14H,13H2,1-2H3,(H2,25,26). The molecule has 0 bridgehead atoms. The van der Waals surface area contributed by atoms with E-state index in [4.69, 9.17) is 10.5 Å². The van der Waals surface area contributed by atoms with Crippen LogP contribution in [0.1, 0.15) is 27.2 Å². The van der Waals surface area contributed by atoms with Crippen molar-refractivity contribution in [1.82, 2.24) is 9.55 Å². The van der Waals surface area contributed by atoms with E-state index in [0.29, 0.717) is 29.1 Å². The highest BCUT2D eigenvalue weighted by molar-refractivity contribution is 6.10. The Hall–Kier alpha value is -3.93. The van der Waals surface area contributed by atoms with Crippen LogP contribution in [0.5, 0.6) is 5.75 Å². The Labute approximate surface area is 173 Å². The quantitative estimate of drug-likeness (QED) is 0.519. The molecule has 0 radical (unpaired) electrons. The van der Waals surface area contributed by atoms with E-state index < -0.39 is 0 Å². The van der Waals surface area contributed by atoms with E-state index in [1.165, 1.54) is 0 Å². The summed E-state index contributed by atoms with van der Waals surface area (Å²) >= 11 is 0. The molecule has 0 atom stereocenters. The Morgan fingerprint density at radius 1 is 1.10 bits per heavy atom. The van der Waals surface area contributed by atoms with Crippen molar-refractivity contribution in [2.75, 3.05) is 12.8 Å². The smallest absolute Gasteiger partial charge is 0.200 e. The normalized spacial score (nSPS) is 10.9. The van der Waals surface area contributed by atoms with Crippen LogP contribution in [0.2, 0.25) is 0 Å². The zero-order chi connectivity index (χ0) is 21.3. The first-order chi connectivity index (χ1) is 14.5. The molecule has 4 aromatic rings. The van der Waals surface area contributed by atoms with Crippen LogP contribution in [0.25, 0.3) is 10.9 Å². The number of ether oxygens (including phenoxy) is 1. The minimum Gasteiger partial charge on any atom is -0.496 e. The molecule has 0 aliphatic carbocycles. The minimum absolute atomic E-state index is 0.113. The second-order valence-electron chi connectivity index (χ2n) is 7.08. The number of para-hydroxylation sites is 1. The van der Waals surface area contributed by atoms with Crippen molar-refractivity contribution in [2.45, 2.75) is 13.5 Å². The Balaban J connectivity index is 1.86. The number of hydrogen-bond donors (Lipinski definition) is 1. The second-order valence-corrected chi connectivity index (χ2v) is 7.08. The largest absolute Gasteiger partial charge is 0.496 e. The molecule has 4 rings (SSSR count). The van der Waals surface area contributed by atoms with Gasteiger partial charge in [-0.05, 0) is 55.0 Å². The number of methoxy groups -OCH3 is 1. The molecule has 0 saturated heterocycles. The first-order valence-electron chi connectivity index (χ1n) is 9.51. The van der Waals surface area contributed by atoms with Gasteiger partial charge in [0.05, 0.1) is 30.4 Å². The maximum absolute atomic E-state index is 13.2. The summed E-state index contributed by atoms with van der Waals surface area (Å²) in [6, 6.07) is 17.8. The highest BCUT2D eigenvalue weighted by atomic mass is 16.5. The van der Waals surface area contributed by atoms with E-state index in [0.717, 1.165) is 16.8 Å². The summed E-state index contributed by atoms with van der Waals surface area (Å²) in [5.41, 5.74) is 8.36. The Bertz CT molecular complexity index is 1330. The molecule has 2 aromatic heterocycles. The number of anilines is 1. The maximum Gasteiger partial charge on any atom is 0.200 e. The third-order valence-corrected chi connectivity index (χ3v) is 5.05. The molecule has 0 unspecified atom stereocenters. The van der Waals surface area contributed by atoms with E-state index in [9.17, 15) is 9.59 Å². The average Bonchev–Trinajstić information content (AvgIpc) is 2.75. The number of benzene rings is 2. The summed E-state index contributed by atoms with van der Waals surface area (Å²) in [5, 5.41) is 0.484. The van der Waals surface area contributed by atoms with E-state index >= 15 is 0 Å². The van der Waals surface area contributed by atoms with Crippen LogP contribution in [-0.2, 0) is 6.54 Å². The highest BCUT2D eigenvalue weighted by Gasteiger charge is 2.18. The monoisotopic (exact) mass is 399 g/mol. The van der Waals surface area contributed by atoms with Crippen LogP contribution in [0.15, 0.2) is 71.7 Å². The number of ketones is 1. The third kappa shape index (κ3) is 3.55. The van der Waals surface area contributed by atoms with Gasteiger partial charge in [-0.1, -0.05) is 18.2 Å². The van der Waals surface area contributed by atoms with E-state index in [2.05, 4.69) is 4.98 Å². The molecular weight excluding hydrogens is 378 g/mol. The van der Waals surface area contributed by atoms with E-state index in [1.807, 2.05) is 35.8 Å². The molecule has 2 aromatic carbocycles. The lowest BCUT2D eigenvalue weighted by Gasteiger charge is -2.14. The Kier molecular flexibility index (Phi) is 5.06. The Morgan fingerprint density at radius 2 is 1.90 bits per heavy atom. The van der Waals surface area contributed by atoms with Gasteiger partial charge in [-0.2, -0.15) is 0 Å². The molecule has 2 heterocycles. The molecule has 0 fully saturated rings. The van der Waals surface area contributed by atoms with E-state index in [-0.39, 0.29) is 16.8 Å². The lowest BCUT2D eigenvalue weighted by atomic mass is 10.0. The summed E-state index contributed by atoms with van der Waals surface area (Å²) in [6.07, 6.45) is 1.61. The first-order valence-corrected chi connectivity index (χ1v) is 9.51. The highest BCUT2D eigenvalue weighted by Crippen LogP contribution is 2.21. The summed E-state index contributed by atoms with van der Waals surface area (Å²) in [4.78, 5) is 30.7. The average molecular weight is 399 g/mol. The third-order valence-electron chi connectivity index (χ3n) is 5.05. The number of nitrogens with zero attached hydrogens (tertiary/aromatic N) is 2. The second kappa shape index (κ2) is 7.83. The zero-order valence-electron chi connectivity index (χ0n) is 16.8. The fraction of sp³-hybridized carbons (Fsp3) is 0.125. The molecular formula is C24H21N3O3. The van der Waals surface area contributed by atoms with Crippen LogP contribution >= 0.6 is 0 Å². The molecule has 0 aliphatic heterocycles. The SMILES string of the molecule is COc1ccc(C(=O)c2cn(Cc3cccc(N)n3)c3ccccc3c2=O)cc1C. The van der Waals surface area contributed by atoms with Crippen molar-refractivity contribution in [1.29, 1.82) is 0 Å². The van der Waals surface area contributed by atoms with Gasteiger partial charge in [-0.3, -0.25) is 9.59 Å². The van der Waals surface area contributed by atoms with Gasteiger partial charge >= 0.3 is 0 Å². The van der Waals surface area contributed by atoms with Gasteiger partial charge in [-0.25, -0.2) is 4.98 Å². The van der Waals surface area contributed by atoms with Gasteiger partial charge in [0.1, 0.15) is 11.6 Å². The molecule has 30 heavy (non-hydrogen) atoms. The zero-order valence-corrected chi connectivity index (χ0v) is 16.8. The number of nitrogen functional groups attached to an aromatic ring is 1. The number of rotatable bonds is 5. The van der Waals surface area contributed by atoms with Gasteiger partial charge < -0.3 is 15.0 Å². The number of hydrogen-bond acceptors (Lipinski definition) is 5. The molecule has 6 nitrogen and oxygen atoms in total. The predicted octanol–water partition coefficient (Wildman–Crippen LogP) is 3.58.